The maximum atomic E-state index is 5.42. The predicted molar refractivity (Wildman–Crippen MR) is 88.5 cm³/mol. The molecule has 0 radical (unpaired) electrons. The molecule has 1 aliphatic heterocycles. The summed E-state index contributed by atoms with van der Waals surface area (Å²) in [6, 6.07) is 0.392. The Morgan fingerprint density at radius 3 is 2.79 bits per heavy atom. The lowest BCUT2D eigenvalue weighted by Gasteiger charge is -2.22. The van der Waals surface area contributed by atoms with E-state index in [1.807, 2.05) is 0 Å². The van der Waals surface area contributed by atoms with Crippen LogP contribution in [0.5, 0.6) is 0 Å². The summed E-state index contributed by atoms with van der Waals surface area (Å²) in [5, 5.41) is 4.20. The first-order valence-electron chi connectivity index (χ1n) is 9.40. The summed E-state index contributed by atoms with van der Waals surface area (Å²) in [4.78, 5) is 12.1. The van der Waals surface area contributed by atoms with Crippen molar-refractivity contribution in [3.8, 4) is 0 Å². The van der Waals surface area contributed by atoms with E-state index in [9.17, 15) is 0 Å². The Hall–Kier alpha value is -1.69. The van der Waals surface area contributed by atoms with Gasteiger partial charge in [0.2, 0.25) is 5.89 Å². The molecule has 2 aliphatic carbocycles. The second-order valence-corrected chi connectivity index (χ2v) is 7.58. The highest BCUT2D eigenvalue weighted by atomic mass is 16.5. The van der Waals surface area contributed by atoms with Gasteiger partial charge in [-0.2, -0.15) is 4.98 Å². The highest BCUT2D eigenvalue weighted by Gasteiger charge is 2.33. The zero-order valence-corrected chi connectivity index (χ0v) is 14.4. The Bertz CT molecular complexity index is 745. The van der Waals surface area contributed by atoms with Gasteiger partial charge in [0.25, 0.3) is 0 Å². The normalized spacial score (nSPS) is 24.5. The molecule has 3 aliphatic rings. The van der Waals surface area contributed by atoms with Crippen LogP contribution >= 0.6 is 0 Å². The van der Waals surface area contributed by atoms with Gasteiger partial charge in [-0.1, -0.05) is 5.16 Å². The number of imidazole rings is 1. The summed E-state index contributed by atoms with van der Waals surface area (Å²) in [7, 11) is 2.20. The zero-order valence-electron chi connectivity index (χ0n) is 14.4. The lowest BCUT2D eigenvalue weighted by atomic mass is 10.0. The summed E-state index contributed by atoms with van der Waals surface area (Å²) in [5.41, 5.74) is 2.79. The fourth-order valence-corrected chi connectivity index (χ4v) is 4.32. The minimum absolute atomic E-state index is 0.392. The Balaban J connectivity index is 1.37. The van der Waals surface area contributed by atoms with Crippen LogP contribution in [0.3, 0.4) is 0 Å². The summed E-state index contributed by atoms with van der Waals surface area (Å²) in [5.74, 6) is 3.45. The Morgan fingerprint density at radius 2 is 1.96 bits per heavy atom. The molecule has 128 valence electrons. The first-order valence-corrected chi connectivity index (χ1v) is 9.40. The molecule has 1 unspecified atom stereocenters. The van der Waals surface area contributed by atoms with Crippen LogP contribution in [-0.4, -0.2) is 31.1 Å². The summed E-state index contributed by atoms with van der Waals surface area (Å²) in [6.07, 6.45) is 9.70. The minimum Gasteiger partial charge on any atom is -0.339 e. The lowest BCUT2D eigenvalue weighted by Crippen LogP contribution is -2.25. The van der Waals surface area contributed by atoms with Crippen molar-refractivity contribution in [2.75, 3.05) is 6.54 Å². The average Bonchev–Trinajstić information content (AvgIpc) is 3.03. The van der Waals surface area contributed by atoms with Crippen molar-refractivity contribution in [1.29, 1.82) is 0 Å². The Morgan fingerprint density at radius 1 is 1.08 bits per heavy atom. The van der Waals surface area contributed by atoms with Gasteiger partial charge in [-0.15, -0.1) is 0 Å². The third kappa shape index (κ3) is 2.48. The predicted octanol–water partition coefficient (Wildman–Crippen LogP) is 2.90. The van der Waals surface area contributed by atoms with Crippen LogP contribution in [0.15, 0.2) is 4.52 Å². The first-order chi connectivity index (χ1) is 11.8. The minimum atomic E-state index is 0.392. The van der Waals surface area contributed by atoms with Gasteiger partial charge in [-0.3, -0.25) is 4.90 Å². The van der Waals surface area contributed by atoms with Gasteiger partial charge in [-0.25, -0.2) is 4.98 Å². The van der Waals surface area contributed by atoms with E-state index in [1.165, 1.54) is 62.2 Å². The molecule has 3 heterocycles. The maximum absolute atomic E-state index is 5.42. The van der Waals surface area contributed by atoms with Crippen molar-refractivity contribution in [1.82, 2.24) is 24.6 Å². The van der Waals surface area contributed by atoms with Gasteiger partial charge in [0, 0.05) is 18.7 Å². The van der Waals surface area contributed by atoms with Gasteiger partial charge in [0.1, 0.15) is 5.82 Å². The molecular weight excluding hydrogens is 302 g/mol. The van der Waals surface area contributed by atoms with Crippen molar-refractivity contribution in [3.05, 3.63) is 28.9 Å². The van der Waals surface area contributed by atoms with E-state index >= 15 is 0 Å². The van der Waals surface area contributed by atoms with E-state index in [4.69, 9.17) is 9.51 Å². The molecule has 0 N–H and O–H groups in total. The second kappa shape index (κ2) is 5.69. The zero-order chi connectivity index (χ0) is 16.1. The summed E-state index contributed by atoms with van der Waals surface area (Å²) in [6.45, 7) is 1.87. The van der Waals surface area contributed by atoms with Crippen molar-refractivity contribution in [2.45, 2.75) is 69.9 Å². The quantitative estimate of drug-likeness (QED) is 0.864. The molecule has 6 heteroatoms. The number of aromatic nitrogens is 4. The number of likely N-dealkylation sites (tertiary alicyclic amines) is 1. The number of aryl methyl sites for hydroxylation is 1. The third-order valence-electron chi connectivity index (χ3n) is 5.82. The number of nitrogens with zero attached hydrogens (tertiary/aromatic N) is 5. The van der Waals surface area contributed by atoms with Gasteiger partial charge in [0.15, 0.2) is 5.82 Å². The van der Waals surface area contributed by atoms with Crippen LogP contribution in [0, 0.1) is 0 Å². The van der Waals surface area contributed by atoms with Crippen molar-refractivity contribution in [2.24, 2.45) is 7.05 Å². The molecule has 0 bridgehead atoms. The van der Waals surface area contributed by atoms with E-state index in [-0.39, 0.29) is 0 Å². The van der Waals surface area contributed by atoms with Gasteiger partial charge in [-0.05, 0) is 57.9 Å². The highest BCUT2D eigenvalue weighted by Crippen LogP contribution is 2.39. The summed E-state index contributed by atoms with van der Waals surface area (Å²) >= 11 is 0. The maximum Gasteiger partial charge on any atom is 0.229 e. The van der Waals surface area contributed by atoms with E-state index in [1.54, 1.807) is 0 Å². The molecule has 0 aromatic carbocycles. The van der Waals surface area contributed by atoms with Gasteiger partial charge >= 0.3 is 0 Å². The van der Waals surface area contributed by atoms with Gasteiger partial charge in [0.05, 0.1) is 18.3 Å². The van der Waals surface area contributed by atoms with Crippen LogP contribution < -0.4 is 0 Å². The monoisotopic (exact) mass is 327 g/mol. The van der Waals surface area contributed by atoms with Crippen LogP contribution in [0.1, 0.15) is 79.4 Å². The van der Waals surface area contributed by atoms with Crippen LogP contribution in [0.4, 0.5) is 0 Å². The van der Waals surface area contributed by atoms with E-state index < -0.39 is 0 Å². The van der Waals surface area contributed by atoms with Gasteiger partial charge < -0.3 is 9.09 Å². The number of hydrogen-bond donors (Lipinski definition) is 0. The van der Waals surface area contributed by atoms with Crippen molar-refractivity contribution < 1.29 is 4.52 Å². The summed E-state index contributed by atoms with van der Waals surface area (Å²) < 4.78 is 7.79. The molecule has 1 saturated heterocycles. The molecule has 24 heavy (non-hydrogen) atoms. The molecule has 2 fully saturated rings. The molecule has 2 aromatic heterocycles. The fraction of sp³-hybridized carbons (Fsp3) is 0.722. The Kier molecular flexibility index (Phi) is 3.47. The molecular formula is C18H25N5O. The van der Waals surface area contributed by atoms with E-state index in [0.717, 1.165) is 31.2 Å². The fourth-order valence-electron chi connectivity index (χ4n) is 4.32. The van der Waals surface area contributed by atoms with Crippen molar-refractivity contribution >= 4 is 0 Å². The number of rotatable bonds is 4. The SMILES string of the molecule is Cn1c(C2CCCN2Cc2noc(C3CC3)n2)nc2c1CCCC2. The Labute approximate surface area is 142 Å². The lowest BCUT2D eigenvalue weighted by molar-refractivity contribution is 0.227. The topological polar surface area (TPSA) is 60.0 Å². The first kappa shape index (κ1) is 14.6. The van der Waals surface area contributed by atoms with E-state index in [0.29, 0.717) is 12.0 Å². The largest absolute Gasteiger partial charge is 0.339 e. The molecule has 6 nitrogen and oxygen atoms in total. The van der Waals surface area contributed by atoms with E-state index in [2.05, 4.69) is 26.7 Å². The smallest absolute Gasteiger partial charge is 0.229 e. The van der Waals surface area contributed by atoms with Crippen LogP contribution in [-0.2, 0) is 26.4 Å². The highest BCUT2D eigenvalue weighted by molar-refractivity contribution is 5.22. The molecule has 0 spiro atoms. The second-order valence-electron chi connectivity index (χ2n) is 7.58. The molecule has 0 amide bonds. The number of hydrogen-bond acceptors (Lipinski definition) is 5. The van der Waals surface area contributed by atoms with Crippen LogP contribution in [0.2, 0.25) is 0 Å². The molecule has 5 rings (SSSR count). The standard InChI is InChI=1S/C18H25N5O/c1-22-14-6-3-2-5-13(14)19-17(22)15-7-4-10-23(15)11-16-20-18(24-21-16)12-8-9-12/h12,15H,2-11H2,1H3. The molecule has 1 atom stereocenters. The average molecular weight is 327 g/mol. The van der Waals surface area contributed by atoms with Crippen LogP contribution in [0.25, 0.3) is 0 Å². The molecule has 2 aromatic rings. The van der Waals surface area contributed by atoms with Crippen molar-refractivity contribution in [3.63, 3.8) is 0 Å². The third-order valence-corrected chi connectivity index (χ3v) is 5.82. The number of fused-ring (bicyclic) bond motifs is 1. The molecule has 1 saturated carbocycles.